The van der Waals surface area contributed by atoms with E-state index in [1.54, 1.807) is 0 Å². The van der Waals surface area contributed by atoms with Gasteiger partial charge in [0.1, 0.15) is 0 Å². The van der Waals surface area contributed by atoms with E-state index < -0.39 is 0 Å². The Morgan fingerprint density at radius 3 is 2.43 bits per heavy atom. The van der Waals surface area contributed by atoms with Crippen molar-refractivity contribution in [1.29, 1.82) is 0 Å². The predicted molar refractivity (Wildman–Crippen MR) is 94.4 cm³/mol. The molecular weight excluding hydrogens is 273 g/mol. The Balaban J connectivity index is 2.20. The fourth-order valence-corrected chi connectivity index (χ4v) is 4.74. The Labute approximate surface area is 129 Å². The number of hydrogen-bond acceptors (Lipinski definition) is 1. The standard InChI is InChI=1S/C19H22NP/c1-3-10-18(4-2)21(19-12-6-5-7-13-19)16-14-17-11-8-9-15-20-17/h3-13,15H,14,16H2,1-2H3/b10-3-,18-4+. The third-order valence-electron chi connectivity index (χ3n) is 3.33. The summed E-state index contributed by atoms with van der Waals surface area (Å²) in [5, 5.41) is 2.88. The summed E-state index contributed by atoms with van der Waals surface area (Å²) in [6.45, 7) is 4.22. The minimum Gasteiger partial charge on any atom is -0.261 e. The van der Waals surface area contributed by atoms with Gasteiger partial charge in [-0.1, -0.05) is 54.6 Å². The van der Waals surface area contributed by atoms with Crippen molar-refractivity contribution in [2.45, 2.75) is 20.3 Å². The fourth-order valence-electron chi connectivity index (χ4n) is 2.30. The van der Waals surface area contributed by atoms with Gasteiger partial charge in [-0.05, 0) is 57.1 Å². The molecule has 1 nitrogen and oxygen atoms in total. The third kappa shape index (κ3) is 4.65. The van der Waals surface area contributed by atoms with Crippen molar-refractivity contribution in [1.82, 2.24) is 4.98 Å². The molecule has 2 rings (SSSR count). The van der Waals surface area contributed by atoms with E-state index in [4.69, 9.17) is 0 Å². The van der Waals surface area contributed by atoms with Gasteiger partial charge in [0.2, 0.25) is 0 Å². The maximum atomic E-state index is 4.45. The van der Waals surface area contributed by atoms with Gasteiger partial charge in [-0.3, -0.25) is 4.98 Å². The molecule has 1 aromatic carbocycles. The molecule has 1 unspecified atom stereocenters. The van der Waals surface area contributed by atoms with Crippen LogP contribution in [0.25, 0.3) is 0 Å². The number of allylic oxidation sites excluding steroid dienone is 4. The SMILES string of the molecule is C/C=C\C(=C/C)P(CCc1ccccn1)c1ccccc1. The largest absolute Gasteiger partial charge is 0.261 e. The second-order valence-corrected chi connectivity index (χ2v) is 7.11. The second-order valence-electron chi connectivity index (χ2n) is 4.77. The molecule has 0 radical (unpaired) electrons. The lowest BCUT2D eigenvalue weighted by Gasteiger charge is -2.19. The molecule has 0 aliphatic carbocycles. The molecular formula is C19H22NP. The van der Waals surface area contributed by atoms with Gasteiger partial charge in [-0.15, -0.1) is 0 Å². The highest BCUT2D eigenvalue weighted by Crippen LogP contribution is 2.44. The van der Waals surface area contributed by atoms with E-state index in [1.165, 1.54) is 16.3 Å². The van der Waals surface area contributed by atoms with Crippen molar-refractivity contribution in [3.05, 3.63) is 84.0 Å². The quantitative estimate of drug-likeness (QED) is 0.545. The van der Waals surface area contributed by atoms with Crippen LogP contribution in [0.5, 0.6) is 0 Å². The summed E-state index contributed by atoms with van der Waals surface area (Å²) in [5.41, 5.74) is 1.18. The number of benzene rings is 1. The molecule has 0 N–H and O–H groups in total. The first-order valence-corrected chi connectivity index (χ1v) is 8.89. The van der Waals surface area contributed by atoms with E-state index in [0.29, 0.717) is 0 Å². The predicted octanol–water partition coefficient (Wildman–Crippen LogP) is 4.91. The lowest BCUT2D eigenvalue weighted by molar-refractivity contribution is 1.04. The first-order valence-electron chi connectivity index (χ1n) is 7.36. The second kappa shape index (κ2) is 8.54. The van der Waals surface area contributed by atoms with Crippen LogP contribution in [0.4, 0.5) is 0 Å². The van der Waals surface area contributed by atoms with Crippen molar-refractivity contribution in [2.75, 3.05) is 6.16 Å². The summed E-state index contributed by atoms with van der Waals surface area (Å²) >= 11 is 0. The summed E-state index contributed by atoms with van der Waals surface area (Å²) in [7, 11) is -0.315. The number of hydrogen-bond donors (Lipinski definition) is 0. The highest BCUT2D eigenvalue weighted by atomic mass is 31.1. The van der Waals surface area contributed by atoms with Crippen molar-refractivity contribution >= 4 is 13.2 Å². The monoisotopic (exact) mass is 295 g/mol. The van der Waals surface area contributed by atoms with Gasteiger partial charge in [-0.25, -0.2) is 0 Å². The van der Waals surface area contributed by atoms with Gasteiger partial charge in [-0.2, -0.15) is 0 Å². The molecule has 0 aliphatic rings. The Morgan fingerprint density at radius 1 is 1.05 bits per heavy atom. The van der Waals surface area contributed by atoms with Gasteiger partial charge in [0, 0.05) is 11.9 Å². The topological polar surface area (TPSA) is 12.9 Å². The number of nitrogens with zero attached hydrogens (tertiary/aromatic N) is 1. The maximum Gasteiger partial charge on any atom is 0.0407 e. The van der Waals surface area contributed by atoms with Crippen LogP contribution in [0, 0.1) is 0 Å². The van der Waals surface area contributed by atoms with E-state index in [0.717, 1.165) is 12.6 Å². The molecule has 1 aromatic heterocycles. The molecule has 2 heteroatoms. The number of rotatable bonds is 6. The minimum atomic E-state index is -0.315. The average Bonchev–Trinajstić information content (AvgIpc) is 2.56. The van der Waals surface area contributed by atoms with Gasteiger partial charge in [0.15, 0.2) is 0 Å². The molecule has 108 valence electrons. The number of aromatic nitrogens is 1. The van der Waals surface area contributed by atoms with Gasteiger partial charge in [0.05, 0.1) is 0 Å². The summed E-state index contributed by atoms with van der Waals surface area (Å²) in [6.07, 6.45) is 10.7. The van der Waals surface area contributed by atoms with Gasteiger partial charge in [0.25, 0.3) is 0 Å². The molecule has 0 amide bonds. The van der Waals surface area contributed by atoms with Gasteiger partial charge < -0.3 is 0 Å². The number of aryl methyl sites for hydroxylation is 1. The van der Waals surface area contributed by atoms with Crippen LogP contribution in [0.3, 0.4) is 0 Å². The Hall–Kier alpha value is -1.72. The average molecular weight is 295 g/mol. The molecule has 21 heavy (non-hydrogen) atoms. The summed E-state index contributed by atoms with van der Waals surface area (Å²) in [5.74, 6) is 0. The molecule has 0 bridgehead atoms. The van der Waals surface area contributed by atoms with Crippen LogP contribution in [0.2, 0.25) is 0 Å². The fraction of sp³-hybridized carbons (Fsp3) is 0.211. The first kappa shape index (κ1) is 15.7. The summed E-state index contributed by atoms with van der Waals surface area (Å²) in [4.78, 5) is 4.45. The normalized spacial score (nSPS) is 13.5. The lowest BCUT2D eigenvalue weighted by atomic mass is 10.3. The van der Waals surface area contributed by atoms with Crippen molar-refractivity contribution in [2.24, 2.45) is 0 Å². The summed E-state index contributed by atoms with van der Waals surface area (Å²) in [6, 6.07) is 17.0. The zero-order valence-corrected chi connectivity index (χ0v) is 13.6. The van der Waals surface area contributed by atoms with Crippen molar-refractivity contribution < 1.29 is 0 Å². The zero-order valence-electron chi connectivity index (χ0n) is 12.7. The van der Waals surface area contributed by atoms with Crippen LogP contribution in [0.1, 0.15) is 19.5 Å². The molecule has 0 saturated carbocycles. The summed E-state index contributed by atoms with van der Waals surface area (Å²) < 4.78 is 0. The molecule has 0 spiro atoms. The molecule has 0 saturated heterocycles. The van der Waals surface area contributed by atoms with Crippen LogP contribution in [0.15, 0.2) is 78.3 Å². The highest BCUT2D eigenvalue weighted by Gasteiger charge is 2.14. The first-order chi connectivity index (χ1) is 10.3. The van der Waals surface area contributed by atoms with Crippen molar-refractivity contribution in [3.8, 4) is 0 Å². The van der Waals surface area contributed by atoms with Crippen LogP contribution >= 0.6 is 7.92 Å². The van der Waals surface area contributed by atoms with Crippen LogP contribution < -0.4 is 5.30 Å². The lowest BCUT2D eigenvalue weighted by Crippen LogP contribution is -2.06. The molecule has 0 aliphatic heterocycles. The van der Waals surface area contributed by atoms with E-state index in [9.17, 15) is 0 Å². The maximum absolute atomic E-state index is 4.45. The van der Waals surface area contributed by atoms with E-state index in [-0.39, 0.29) is 7.92 Å². The van der Waals surface area contributed by atoms with E-state index >= 15 is 0 Å². The van der Waals surface area contributed by atoms with Crippen LogP contribution in [-0.2, 0) is 6.42 Å². The minimum absolute atomic E-state index is 0.315. The van der Waals surface area contributed by atoms with E-state index in [1.807, 2.05) is 12.3 Å². The molecule has 0 fully saturated rings. The van der Waals surface area contributed by atoms with Gasteiger partial charge >= 0.3 is 0 Å². The molecule has 2 aromatic rings. The zero-order chi connectivity index (χ0) is 14.9. The number of pyridine rings is 1. The molecule has 1 heterocycles. The highest BCUT2D eigenvalue weighted by molar-refractivity contribution is 7.69. The van der Waals surface area contributed by atoms with Crippen molar-refractivity contribution in [3.63, 3.8) is 0 Å². The Bertz CT molecular complexity index is 587. The van der Waals surface area contributed by atoms with Crippen LogP contribution in [-0.4, -0.2) is 11.1 Å². The Morgan fingerprint density at radius 2 is 1.81 bits per heavy atom. The smallest absolute Gasteiger partial charge is 0.0407 e. The third-order valence-corrected chi connectivity index (χ3v) is 5.95. The molecule has 1 atom stereocenters. The Kier molecular flexibility index (Phi) is 6.37. The van der Waals surface area contributed by atoms with E-state index in [2.05, 4.69) is 79.5 Å².